The molecule has 1 nitrogen and oxygen atoms in total. The minimum absolute atomic E-state index is 0.146. The first-order valence-electron chi connectivity index (χ1n) is 4.55. The van der Waals surface area contributed by atoms with Crippen molar-refractivity contribution < 1.29 is 0 Å². The summed E-state index contributed by atoms with van der Waals surface area (Å²) in [7, 11) is 1.89. The Morgan fingerprint density at radius 2 is 2.29 bits per heavy atom. The number of nitrogens with one attached hydrogen (secondary N) is 1. The van der Waals surface area contributed by atoms with Gasteiger partial charge in [0.25, 0.3) is 0 Å². The second kappa shape index (κ2) is 5.05. The molecule has 74 valence electrons. The van der Waals surface area contributed by atoms with Crippen LogP contribution in [0.1, 0.15) is 23.6 Å². The van der Waals surface area contributed by atoms with E-state index < -0.39 is 0 Å². The summed E-state index contributed by atoms with van der Waals surface area (Å²) < 4.78 is 0. The predicted octanol–water partition coefficient (Wildman–Crippen LogP) is 2.93. The third-order valence-corrected chi connectivity index (χ3v) is 2.53. The molecule has 0 heterocycles. The fourth-order valence-corrected chi connectivity index (χ4v) is 1.77. The van der Waals surface area contributed by atoms with Crippen LogP contribution in [0.2, 0.25) is 5.02 Å². The number of hydrogen-bond donors (Lipinski definition) is 1. The average Bonchev–Trinajstić information content (AvgIpc) is 2.15. The maximum atomic E-state index is 6.13. The van der Waals surface area contributed by atoms with Gasteiger partial charge in [-0.3, -0.25) is 0 Å². The number of terminal acetylenes is 1. The third-order valence-electron chi connectivity index (χ3n) is 2.20. The van der Waals surface area contributed by atoms with E-state index >= 15 is 0 Å². The van der Waals surface area contributed by atoms with Crippen molar-refractivity contribution in [2.24, 2.45) is 0 Å². The van der Waals surface area contributed by atoms with Crippen molar-refractivity contribution in [3.05, 3.63) is 34.3 Å². The summed E-state index contributed by atoms with van der Waals surface area (Å²) in [6.45, 7) is 2.02. The van der Waals surface area contributed by atoms with Gasteiger partial charge in [0.05, 0.1) is 0 Å². The molecule has 0 aliphatic heterocycles. The number of halogens is 1. The van der Waals surface area contributed by atoms with Gasteiger partial charge in [-0.1, -0.05) is 23.7 Å². The summed E-state index contributed by atoms with van der Waals surface area (Å²) in [5, 5.41) is 3.93. The molecule has 1 rings (SSSR count). The molecule has 0 amide bonds. The highest BCUT2D eigenvalue weighted by molar-refractivity contribution is 6.31. The van der Waals surface area contributed by atoms with Crippen molar-refractivity contribution >= 4 is 11.6 Å². The highest BCUT2D eigenvalue weighted by atomic mass is 35.5. The van der Waals surface area contributed by atoms with Crippen molar-refractivity contribution in [1.29, 1.82) is 0 Å². The van der Waals surface area contributed by atoms with Gasteiger partial charge < -0.3 is 5.32 Å². The quantitative estimate of drug-likeness (QED) is 0.752. The van der Waals surface area contributed by atoms with Crippen molar-refractivity contribution in [1.82, 2.24) is 5.32 Å². The number of hydrogen-bond acceptors (Lipinski definition) is 1. The minimum atomic E-state index is 0.146. The summed E-state index contributed by atoms with van der Waals surface area (Å²) in [6, 6.07) is 6.17. The van der Waals surface area contributed by atoms with E-state index in [0.29, 0.717) is 6.42 Å². The molecule has 0 spiro atoms. The topological polar surface area (TPSA) is 12.0 Å². The Hall–Kier alpha value is -0.970. The van der Waals surface area contributed by atoms with E-state index in [1.807, 2.05) is 32.2 Å². The molecule has 0 aromatic heterocycles. The van der Waals surface area contributed by atoms with Crippen LogP contribution in [-0.2, 0) is 0 Å². The molecule has 0 bridgehead atoms. The number of aryl methyl sites for hydroxylation is 1. The lowest BCUT2D eigenvalue weighted by Gasteiger charge is -2.15. The fourth-order valence-electron chi connectivity index (χ4n) is 1.40. The summed E-state index contributed by atoms with van der Waals surface area (Å²) in [4.78, 5) is 0. The maximum absolute atomic E-state index is 6.13. The van der Waals surface area contributed by atoms with Gasteiger partial charge >= 0.3 is 0 Å². The van der Waals surface area contributed by atoms with Gasteiger partial charge in [0.1, 0.15) is 0 Å². The standard InChI is InChI=1S/C12H14ClN/c1-4-5-12(14-3)10-7-6-9(2)8-11(10)13/h1,6-8,12,14H,5H2,2-3H3. The van der Waals surface area contributed by atoms with Crippen molar-refractivity contribution in [2.45, 2.75) is 19.4 Å². The maximum Gasteiger partial charge on any atom is 0.0456 e. The molecule has 0 saturated heterocycles. The molecule has 1 N–H and O–H groups in total. The van der Waals surface area contributed by atoms with E-state index in [1.165, 1.54) is 0 Å². The molecular weight excluding hydrogens is 194 g/mol. The van der Waals surface area contributed by atoms with E-state index in [9.17, 15) is 0 Å². The van der Waals surface area contributed by atoms with Gasteiger partial charge in [0, 0.05) is 17.5 Å². The van der Waals surface area contributed by atoms with Crippen molar-refractivity contribution in [3.8, 4) is 12.3 Å². The lowest BCUT2D eigenvalue weighted by molar-refractivity contribution is 0.611. The van der Waals surface area contributed by atoms with Crippen LogP contribution in [0.15, 0.2) is 18.2 Å². The van der Waals surface area contributed by atoms with Gasteiger partial charge in [-0.15, -0.1) is 12.3 Å². The Balaban J connectivity index is 2.99. The second-order valence-electron chi connectivity index (χ2n) is 3.27. The number of rotatable bonds is 3. The largest absolute Gasteiger partial charge is 0.312 e. The molecule has 14 heavy (non-hydrogen) atoms. The van der Waals surface area contributed by atoms with E-state index in [2.05, 4.69) is 11.2 Å². The van der Waals surface area contributed by atoms with E-state index in [1.54, 1.807) is 0 Å². The Bertz CT molecular complexity index is 352. The van der Waals surface area contributed by atoms with Gasteiger partial charge in [0.2, 0.25) is 0 Å². The van der Waals surface area contributed by atoms with Gasteiger partial charge in [-0.25, -0.2) is 0 Å². The fraction of sp³-hybridized carbons (Fsp3) is 0.333. The second-order valence-corrected chi connectivity index (χ2v) is 3.68. The van der Waals surface area contributed by atoms with Gasteiger partial charge in [-0.2, -0.15) is 0 Å². The Kier molecular flexibility index (Phi) is 4.00. The van der Waals surface area contributed by atoms with Gasteiger partial charge in [0.15, 0.2) is 0 Å². The Labute approximate surface area is 90.5 Å². The molecule has 2 heteroatoms. The van der Waals surface area contributed by atoms with Crippen LogP contribution in [0.3, 0.4) is 0 Å². The molecule has 1 aromatic carbocycles. The first kappa shape index (κ1) is 11.1. The van der Waals surface area contributed by atoms with Crippen LogP contribution in [-0.4, -0.2) is 7.05 Å². The lowest BCUT2D eigenvalue weighted by Crippen LogP contribution is -2.16. The molecular formula is C12H14ClN. The molecule has 0 radical (unpaired) electrons. The summed E-state index contributed by atoms with van der Waals surface area (Å²) in [5.41, 5.74) is 2.23. The van der Waals surface area contributed by atoms with E-state index in [-0.39, 0.29) is 6.04 Å². The highest BCUT2D eigenvalue weighted by Gasteiger charge is 2.10. The summed E-state index contributed by atoms with van der Waals surface area (Å²) in [6.07, 6.45) is 5.94. The van der Waals surface area contributed by atoms with Crippen molar-refractivity contribution in [3.63, 3.8) is 0 Å². The molecule has 0 fully saturated rings. The Morgan fingerprint density at radius 1 is 1.57 bits per heavy atom. The average molecular weight is 208 g/mol. The van der Waals surface area contributed by atoms with Crippen LogP contribution in [0, 0.1) is 19.3 Å². The minimum Gasteiger partial charge on any atom is -0.312 e. The van der Waals surface area contributed by atoms with Gasteiger partial charge in [-0.05, 0) is 31.2 Å². The van der Waals surface area contributed by atoms with Crippen LogP contribution in [0.4, 0.5) is 0 Å². The SMILES string of the molecule is C#CCC(NC)c1ccc(C)cc1Cl. The first-order chi connectivity index (χ1) is 6.69. The summed E-state index contributed by atoms with van der Waals surface area (Å²) >= 11 is 6.13. The first-order valence-corrected chi connectivity index (χ1v) is 4.93. The van der Waals surface area contributed by atoms with Crippen LogP contribution < -0.4 is 5.32 Å². The summed E-state index contributed by atoms with van der Waals surface area (Å²) in [5.74, 6) is 2.64. The Morgan fingerprint density at radius 3 is 2.79 bits per heavy atom. The van der Waals surface area contributed by atoms with E-state index in [0.717, 1.165) is 16.1 Å². The zero-order valence-corrected chi connectivity index (χ0v) is 9.23. The smallest absolute Gasteiger partial charge is 0.0456 e. The third kappa shape index (κ3) is 2.51. The zero-order chi connectivity index (χ0) is 10.6. The molecule has 0 aliphatic rings. The molecule has 1 atom stereocenters. The monoisotopic (exact) mass is 207 g/mol. The molecule has 1 aromatic rings. The normalized spacial score (nSPS) is 12.1. The van der Waals surface area contributed by atoms with Crippen LogP contribution >= 0.6 is 11.6 Å². The zero-order valence-electron chi connectivity index (χ0n) is 8.47. The lowest BCUT2D eigenvalue weighted by atomic mass is 10.0. The molecule has 0 aliphatic carbocycles. The van der Waals surface area contributed by atoms with Crippen LogP contribution in [0.5, 0.6) is 0 Å². The number of benzene rings is 1. The molecule has 1 unspecified atom stereocenters. The van der Waals surface area contributed by atoms with Crippen LogP contribution in [0.25, 0.3) is 0 Å². The van der Waals surface area contributed by atoms with Crippen molar-refractivity contribution in [2.75, 3.05) is 7.05 Å². The highest BCUT2D eigenvalue weighted by Crippen LogP contribution is 2.25. The molecule has 0 saturated carbocycles. The van der Waals surface area contributed by atoms with E-state index in [4.69, 9.17) is 18.0 Å². The predicted molar refractivity (Wildman–Crippen MR) is 61.4 cm³/mol.